The number of esters is 1. The van der Waals surface area contributed by atoms with E-state index in [9.17, 15) is 13.2 Å². The van der Waals surface area contributed by atoms with Gasteiger partial charge in [-0.3, -0.25) is 0 Å². The van der Waals surface area contributed by atoms with Crippen LogP contribution in [0.3, 0.4) is 0 Å². The van der Waals surface area contributed by atoms with Crippen molar-refractivity contribution < 1.29 is 17.9 Å². The van der Waals surface area contributed by atoms with Crippen LogP contribution in [0.4, 0.5) is 0 Å². The molecule has 0 aliphatic rings. The van der Waals surface area contributed by atoms with Crippen LogP contribution < -0.4 is 4.72 Å². The monoisotopic (exact) mass is 345 g/mol. The molecule has 21 heavy (non-hydrogen) atoms. The summed E-state index contributed by atoms with van der Waals surface area (Å²) >= 11 is 2.65. The average Bonchev–Trinajstić information content (AvgIpc) is 3.07. The van der Waals surface area contributed by atoms with E-state index in [1.165, 1.54) is 7.11 Å². The Kier molecular flexibility index (Phi) is 5.15. The number of ether oxygens (including phenoxy) is 1. The first kappa shape index (κ1) is 16.2. The van der Waals surface area contributed by atoms with Gasteiger partial charge in [-0.15, -0.1) is 11.3 Å². The van der Waals surface area contributed by atoms with Crippen LogP contribution in [0.2, 0.25) is 0 Å². The summed E-state index contributed by atoms with van der Waals surface area (Å²) < 4.78 is 31.9. The van der Waals surface area contributed by atoms with Gasteiger partial charge in [0.15, 0.2) is 0 Å². The van der Waals surface area contributed by atoms with Gasteiger partial charge in [0, 0.05) is 6.54 Å². The Labute approximate surface area is 131 Å². The maximum atomic E-state index is 12.4. The van der Waals surface area contributed by atoms with Crippen molar-refractivity contribution in [2.75, 3.05) is 13.7 Å². The van der Waals surface area contributed by atoms with Gasteiger partial charge in [-0.05, 0) is 46.7 Å². The Morgan fingerprint density at radius 2 is 2.14 bits per heavy atom. The fourth-order valence-electron chi connectivity index (χ4n) is 1.84. The van der Waals surface area contributed by atoms with E-state index in [1.54, 1.807) is 23.6 Å². The summed E-state index contributed by atoms with van der Waals surface area (Å²) in [5.74, 6) is -0.633. The van der Waals surface area contributed by atoms with Crippen molar-refractivity contribution in [1.29, 1.82) is 0 Å². The van der Waals surface area contributed by atoms with Crippen LogP contribution in [0.25, 0.3) is 0 Å². The molecule has 0 saturated carbocycles. The van der Waals surface area contributed by atoms with Gasteiger partial charge in [-0.1, -0.05) is 0 Å². The first-order valence-electron chi connectivity index (χ1n) is 6.13. The van der Waals surface area contributed by atoms with Gasteiger partial charge in [-0.25, -0.2) is 17.9 Å². The Morgan fingerprint density at radius 1 is 1.38 bits per heavy atom. The number of hydrogen-bond donors (Lipinski definition) is 1. The Hall–Kier alpha value is -1.22. The third-order valence-corrected chi connectivity index (χ3v) is 6.43. The van der Waals surface area contributed by atoms with Gasteiger partial charge in [0.1, 0.15) is 9.77 Å². The molecule has 0 aliphatic heterocycles. The van der Waals surface area contributed by atoms with Crippen molar-refractivity contribution in [2.24, 2.45) is 0 Å². The van der Waals surface area contributed by atoms with Gasteiger partial charge in [0.05, 0.1) is 7.11 Å². The van der Waals surface area contributed by atoms with Crippen LogP contribution in [0.1, 0.15) is 20.8 Å². The third-order valence-electron chi connectivity index (χ3n) is 2.84. The van der Waals surface area contributed by atoms with E-state index in [-0.39, 0.29) is 16.3 Å². The molecule has 1 N–H and O–H groups in total. The second-order valence-electron chi connectivity index (χ2n) is 4.35. The molecule has 0 bridgehead atoms. The van der Waals surface area contributed by atoms with E-state index in [0.29, 0.717) is 12.0 Å². The van der Waals surface area contributed by atoms with E-state index < -0.39 is 16.0 Å². The summed E-state index contributed by atoms with van der Waals surface area (Å²) in [7, 11) is -2.49. The standard InChI is InChI=1S/C13H15NO4S3/c1-9-7-20-11(13(15)18-2)12(9)21(16,17)14-5-3-10-4-6-19-8-10/h4,6-8,14H,3,5H2,1-2H3. The molecule has 2 aromatic rings. The van der Waals surface area contributed by atoms with Gasteiger partial charge >= 0.3 is 5.97 Å². The maximum absolute atomic E-state index is 12.4. The minimum atomic E-state index is -3.72. The van der Waals surface area contributed by atoms with Crippen molar-refractivity contribution in [3.05, 3.63) is 38.2 Å². The number of nitrogens with one attached hydrogen (secondary N) is 1. The molecule has 0 spiro atoms. The predicted molar refractivity (Wildman–Crippen MR) is 83.6 cm³/mol. The van der Waals surface area contributed by atoms with Crippen LogP contribution >= 0.6 is 22.7 Å². The number of carbonyl (C=O) groups is 1. The lowest BCUT2D eigenvalue weighted by atomic mass is 10.2. The zero-order valence-electron chi connectivity index (χ0n) is 11.6. The van der Waals surface area contributed by atoms with Crippen molar-refractivity contribution >= 4 is 38.7 Å². The molecule has 0 aliphatic carbocycles. The molecule has 0 saturated heterocycles. The van der Waals surface area contributed by atoms with E-state index in [1.807, 2.05) is 16.8 Å². The highest BCUT2D eigenvalue weighted by Crippen LogP contribution is 2.27. The molecule has 8 heteroatoms. The van der Waals surface area contributed by atoms with Crippen molar-refractivity contribution in [3.63, 3.8) is 0 Å². The lowest BCUT2D eigenvalue weighted by Gasteiger charge is -2.08. The van der Waals surface area contributed by atoms with Crippen molar-refractivity contribution in [1.82, 2.24) is 4.72 Å². The highest BCUT2D eigenvalue weighted by molar-refractivity contribution is 7.89. The molecule has 0 atom stereocenters. The first-order chi connectivity index (χ1) is 9.95. The zero-order chi connectivity index (χ0) is 15.5. The molecule has 2 rings (SSSR count). The fraction of sp³-hybridized carbons (Fsp3) is 0.308. The summed E-state index contributed by atoms with van der Waals surface area (Å²) in [5.41, 5.74) is 1.63. The molecular weight excluding hydrogens is 330 g/mol. The molecule has 2 aromatic heterocycles. The Morgan fingerprint density at radius 3 is 2.76 bits per heavy atom. The molecular formula is C13H15NO4S3. The lowest BCUT2D eigenvalue weighted by Crippen LogP contribution is -2.27. The number of methoxy groups -OCH3 is 1. The van der Waals surface area contributed by atoms with Gasteiger partial charge < -0.3 is 4.74 Å². The van der Waals surface area contributed by atoms with Crippen molar-refractivity contribution in [2.45, 2.75) is 18.2 Å². The van der Waals surface area contributed by atoms with Gasteiger partial charge in [0.2, 0.25) is 10.0 Å². The minimum Gasteiger partial charge on any atom is -0.465 e. The van der Waals surface area contributed by atoms with Crippen LogP contribution in [0.5, 0.6) is 0 Å². The Bertz CT molecular complexity index is 717. The molecule has 0 amide bonds. The minimum absolute atomic E-state index is 0.0182. The van der Waals surface area contributed by atoms with E-state index in [4.69, 9.17) is 0 Å². The highest BCUT2D eigenvalue weighted by Gasteiger charge is 2.27. The number of carbonyl (C=O) groups excluding carboxylic acids is 1. The van der Waals surface area contributed by atoms with Gasteiger partial charge in [0.25, 0.3) is 0 Å². The second-order valence-corrected chi connectivity index (χ2v) is 7.71. The quantitative estimate of drug-likeness (QED) is 0.816. The lowest BCUT2D eigenvalue weighted by molar-refractivity contribution is 0.0602. The maximum Gasteiger partial charge on any atom is 0.349 e. The molecule has 0 radical (unpaired) electrons. The number of hydrogen-bond acceptors (Lipinski definition) is 6. The average molecular weight is 345 g/mol. The van der Waals surface area contributed by atoms with Crippen LogP contribution in [-0.4, -0.2) is 28.0 Å². The van der Waals surface area contributed by atoms with Crippen LogP contribution in [0, 0.1) is 6.92 Å². The summed E-state index contributed by atoms with van der Waals surface area (Å²) in [6.07, 6.45) is 0.611. The van der Waals surface area contributed by atoms with E-state index in [2.05, 4.69) is 9.46 Å². The molecule has 2 heterocycles. The summed E-state index contributed by atoms with van der Waals surface area (Å²) in [4.78, 5) is 11.8. The van der Waals surface area contributed by atoms with Crippen LogP contribution in [0.15, 0.2) is 27.1 Å². The molecule has 0 fully saturated rings. The number of rotatable bonds is 6. The molecule has 0 unspecified atom stereocenters. The SMILES string of the molecule is COC(=O)c1scc(C)c1S(=O)(=O)NCCc1ccsc1. The molecule has 0 aromatic carbocycles. The third kappa shape index (κ3) is 3.70. The summed E-state index contributed by atoms with van der Waals surface area (Å²) in [6.45, 7) is 1.95. The number of sulfonamides is 1. The topological polar surface area (TPSA) is 72.5 Å². The smallest absolute Gasteiger partial charge is 0.349 e. The molecule has 5 nitrogen and oxygen atoms in total. The number of thiophene rings is 2. The normalized spacial score (nSPS) is 11.5. The van der Waals surface area contributed by atoms with Gasteiger partial charge in [-0.2, -0.15) is 11.3 Å². The highest BCUT2D eigenvalue weighted by atomic mass is 32.2. The number of aryl methyl sites for hydroxylation is 1. The Balaban J connectivity index is 2.15. The van der Waals surface area contributed by atoms with E-state index in [0.717, 1.165) is 16.9 Å². The summed E-state index contributed by atoms with van der Waals surface area (Å²) in [5, 5.41) is 5.56. The fourth-order valence-corrected chi connectivity index (χ4v) is 5.27. The predicted octanol–water partition coefficient (Wildman–Crippen LogP) is 2.43. The molecule has 114 valence electrons. The van der Waals surface area contributed by atoms with Crippen LogP contribution in [-0.2, 0) is 21.2 Å². The largest absolute Gasteiger partial charge is 0.465 e. The zero-order valence-corrected chi connectivity index (χ0v) is 14.0. The van der Waals surface area contributed by atoms with E-state index >= 15 is 0 Å². The van der Waals surface area contributed by atoms with Crippen molar-refractivity contribution in [3.8, 4) is 0 Å². The summed E-state index contributed by atoms with van der Waals surface area (Å²) in [6, 6.07) is 1.95. The second kappa shape index (κ2) is 6.69. The first-order valence-corrected chi connectivity index (χ1v) is 9.43.